The number of aromatic nitrogens is 1. The molecular weight excluding hydrogens is 390 g/mol. The van der Waals surface area contributed by atoms with E-state index in [9.17, 15) is 4.79 Å². The van der Waals surface area contributed by atoms with Gasteiger partial charge in [-0.15, -0.1) is 0 Å². The Hall–Kier alpha value is -3.86. The molecule has 0 aliphatic heterocycles. The standard InChI is InChI=1S/C26H23NO4/c1-4-30-23-14-11-18(16-24(23)29-3)15-20(25(28)19-12-9-17(2)10-13-19)26-27-21-7-5-6-8-22(21)31-26/h5-16H,4H2,1-3H3/b20-15+. The second kappa shape index (κ2) is 8.88. The van der Waals surface area contributed by atoms with Gasteiger partial charge in [-0.25, -0.2) is 4.98 Å². The highest BCUT2D eigenvalue weighted by Crippen LogP contribution is 2.31. The Bertz CT molecular complexity index is 1220. The molecule has 4 rings (SSSR count). The first kappa shape index (κ1) is 20.4. The van der Waals surface area contributed by atoms with Crippen molar-refractivity contribution in [3.8, 4) is 11.5 Å². The van der Waals surface area contributed by atoms with E-state index in [-0.39, 0.29) is 11.7 Å². The maximum atomic E-state index is 13.4. The zero-order valence-electron chi connectivity index (χ0n) is 17.7. The van der Waals surface area contributed by atoms with Gasteiger partial charge in [0.2, 0.25) is 5.89 Å². The smallest absolute Gasteiger partial charge is 0.231 e. The van der Waals surface area contributed by atoms with Crippen molar-refractivity contribution in [2.24, 2.45) is 0 Å². The number of fused-ring (bicyclic) bond motifs is 1. The number of rotatable bonds is 7. The summed E-state index contributed by atoms with van der Waals surface area (Å²) in [4.78, 5) is 18.0. The molecule has 5 heteroatoms. The topological polar surface area (TPSA) is 61.6 Å². The Balaban J connectivity index is 1.83. The molecule has 0 unspecified atom stereocenters. The van der Waals surface area contributed by atoms with Crippen LogP contribution in [0.4, 0.5) is 0 Å². The van der Waals surface area contributed by atoms with E-state index in [1.54, 1.807) is 13.2 Å². The molecule has 4 aromatic rings. The zero-order chi connectivity index (χ0) is 21.8. The highest BCUT2D eigenvalue weighted by Gasteiger charge is 2.20. The molecule has 0 saturated carbocycles. The van der Waals surface area contributed by atoms with Crippen molar-refractivity contribution < 1.29 is 18.7 Å². The highest BCUT2D eigenvalue weighted by molar-refractivity contribution is 6.31. The maximum Gasteiger partial charge on any atom is 0.231 e. The minimum absolute atomic E-state index is 0.167. The van der Waals surface area contributed by atoms with Crippen molar-refractivity contribution in [3.63, 3.8) is 0 Å². The van der Waals surface area contributed by atoms with Crippen molar-refractivity contribution in [2.45, 2.75) is 13.8 Å². The van der Waals surface area contributed by atoms with Crippen LogP contribution in [-0.4, -0.2) is 24.5 Å². The monoisotopic (exact) mass is 413 g/mol. The molecule has 0 spiro atoms. The van der Waals surface area contributed by atoms with Crippen molar-refractivity contribution in [1.29, 1.82) is 0 Å². The van der Waals surface area contributed by atoms with Gasteiger partial charge in [-0.3, -0.25) is 4.79 Å². The number of benzene rings is 3. The number of carbonyl (C=O) groups is 1. The summed E-state index contributed by atoms with van der Waals surface area (Å²) >= 11 is 0. The van der Waals surface area contributed by atoms with E-state index in [4.69, 9.17) is 13.9 Å². The molecule has 3 aromatic carbocycles. The van der Waals surface area contributed by atoms with Crippen LogP contribution in [0.1, 0.15) is 34.3 Å². The molecule has 0 radical (unpaired) electrons. The van der Waals surface area contributed by atoms with Gasteiger partial charge in [0, 0.05) is 5.56 Å². The summed E-state index contributed by atoms with van der Waals surface area (Å²) in [5.74, 6) is 1.35. The van der Waals surface area contributed by atoms with Gasteiger partial charge in [-0.2, -0.15) is 0 Å². The summed E-state index contributed by atoms with van der Waals surface area (Å²) < 4.78 is 17.0. The third-order valence-electron chi connectivity index (χ3n) is 4.88. The second-order valence-electron chi connectivity index (χ2n) is 7.08. The fraction of sp³-hybridized carbons (Fsp3) is 0.154. The second-order valence-corrected chi connectivity index (χ2v) is 7.08. The minimum Gasteiger partial charge on any atom is -0.493 e. The van der Waals surface area contributed by atoms with Crippen LogP contribution in [0.15, 0.2) is 71.1 Å². The molecule has 0 atom stereocenters. The summed E-state index contributed by atoms with van der Waals surface area (Å²) in [7, 11) is 1.59. The number of nitrogens with zero attached hydrogens (tertiary/aromatic N) is 1. The van der Waals surface area contributed by atoms with Gasteiger partial charge in [0.05, 0.1) is 19.3 Å². The SMILES string of the molecule is CCOc1ccc(/C=C(\C(=O)c2ccc(C)cc2)c2nc3ccccc3o2)cc1OC. The van der Waals surface area contributed by atoms with E-state index < -0.39 is 0 Å². The molecule has 1 heterocycles. The summed E-state index contributed by atoms with van der Waals surface area (Å²) in [6.07, 6.45) is 1.77. The van der Waals surface area contributed by atoms with E-state index in [2.05, 4.69) is 4.98 Å². The van der Waals surface area contributed by atoms with Gasteiger partial charge < -0.3 is 13.9 Å². The summed E-state index contributed by atoms with van der Waals surface area (Å²) in [6.45, 7) is 4.43. The average molecular weight is 413 g/mol. The molecule has 0 N–H and O–H groups in total. The number of ether oxygens (including phenoxy) is 2. The van der Waals surface area contributed by atoms with Crippen LogP contribution >= 0.6 is 0 Å². The van der Waals surface area contributed by atoms with E-state index in [0.717, 1.165) is 11.1 Å². The Labute approximate surface area is 180 Å². The first-order chi connectivity index (χ1) is 15.1. The number of methoxy groups -OCH3 is 1. The number of hydrogen-bond donors (Lipinski definition) is 0. The first-order valence-corrected chi connectivity index (χ1v) is 10.1. The van der Waals surface area contributed by atoms with E-state index in [1.165, 1.54) is 0 Å². The molecule has 0 aliphatic rings. The van der Waals surface area contributed by atoms with Gasteiger partial charge in [0.1, 0.15) is 5.52 Å². The Morgan fingerprint density at radius 1 is 1.03 bits per heavy atom. The van der Waals surface area contributed by atoms with Crippen LogP contribution in [0.2, 0.25) is 0 Å². The zero-order valence-corrected chi connectivity index (χ0v) is 17.7. The third-order valence-corrected chi connectivity index (χ3v) is 4.88. The van der Waals surface area contributed by atoms with Gasteiger partial charge in [-0.05, 0) is 49.8 Å². The number of oxazole rings is 1. The largest absolute Gasteiger partial charge is 0.493 e. The highest BCUT2D eigenvalue weighted by atomic mass is 16.5. The number of para-hydroxylation sites is 2. The lowest BCUT2D eigenvalue weighted by Crippen LogP contribution is -2.03. The van der Waals surface area contributed by atoms with Gasteiger partial charge in [0.25, 0.3) is 0 Å². The Kier molecular flexibility index (Phi) is 5.85. The van der Waals surface area contributed by atoms with Gasteiger partial charge >= 0.3 is 0 Å². The molecule has 0 amide bonds. The lowest BCUT2D eigenvalue weighted by atomic mass is 9.99. The molecule has 5 nitrogen and oxygen atoms in total. The molecule has 0 bridgehead atoms. The van der Waals surface area contributed by atoms with Gasteiger partial charge in [-0.1, -0.05) is 48.0 Å². The number of allylic oxidation sites excluding steroid dienone is 1. The van der Waals surface area contributed by atoms with Gasteiger partial charge in [0.15, 0.2) is 22.9 Å². The lowest BCUT2D eigenvalue weighted by molar-refractivity contribution is 0.105. The van der Waals surface area contributed by atoms with Crippen LogP contribution in [0.5, 0.6) is 11.5 Å². The van der Waals surface area contributed by atoms with E-state index in [1.807, 2.05) is 80.6 Å². The quantitative estimate of drug-likeness (QED) is 0.276. The number of carbonyl (C=O) groups excluding carboxylic acids is 1. The fourth-order valence-corrected chi connectivity index (χ4v) is 3.29. The third kappa shape index (κ3) is 4.36. The molecule has 156 valence electrons. The normalized spacial score (nSPS) is 11.5. The molecule has 0 fully saturated rings. The summed E-state index contributed by atoms with van der Waals surface area (Å²) in [5.41, 5.74) is 4.12. The molecule has 0 aliphatic carbocycles. The predicted octanol–water partition coefficient (Wildman–Crippen LogP) is 5.97. The van der Waals surface area contributed by atoms with Crippen LogP contribution in [0, 0.1) is 6.92 Å². The first-order valence-electron chi connectivity index (χ1n) is 10.1. The van der Waals surface area contributed by atoms with Crippen LogP contribution in [0.3, 0.4) is 0 Å². The Morgan fingerprint density at radius 3 is 2.52 bits per heavy atom. The summed E-state index contributed by atoms with van der Waals surface area (Å²) in [5, 5.41) is 0. The fourth-order valence-electron chi connectivity index (χ4n) is 3.29. The summed E-state index contributed by atoms with van der Waals surface area (Å²) in [6, 6.07) is 20.4. The van der Waals surface area contributed by atoms with Crippen LogP contribution in [0.25, 0.3) is 22.7 Å². The van der Waals surface area contributed by atoms with Crippen LogP contribution in [-0.2, 0) is 0 Å². The van der Waals surface area contributed by atoms with Crippen LogP contribution < -0.4 is 9.47 Å². The van der Waals surface area contributed by atoms with E-state index in [0.29, 0.717) is 40.3 Å². The molecule has 1 aromatic heterocycles. The number of Topliss-reactive ketones (excluding diaryl/α,β-unsaturated/α-hetero) is 1. The van der Waals surface area contributed by atoms with Crippen molar-refractivity contribution in [3.05, 3.63) is 89.3 Å². The molecule has 31 heavy (non-hydrogen) atoms. The minimum atomic E-state index is -0.167. The number of ketones is 1. The molecular formula is C26H23NO4. The van der Waals surface area contributed by atoms with Crippen molar-refractivity contribution in [2.75, 3.05) is 13.7 Å². The number of hydrogen-bond acceptors (Lipinski definition) is 5. The molecule has 0 saturated heterocycles. The number of aryl methyl sites for hydroxylation is 1. The predicted molar refractivity (Wildman–Crippen MR) is 122 cm³/mol. The van der Waals surface area contributed by atoms with Crippen molar-refractivity contribution >= 4 is 28.5 Å². The maximum absolute atomic E-state index is 13.4. The van der Waals surface area contributed by atoms with Crippen molar-refractivity contribution in [1.82, 2.24) is 4.98 Å². The average Bonchev–Trinajstić information content (AvgIpc) is 3.22. The van der Waals surface area contributed by atoms with E-state index >= 15 is 0 Å². The Morgan fingerprint density at radius 2 is 1.81 bits per heavy atom. The lowest BCUT2D eigenvalue weighted by Gasteiger charge is -2.10.